The van der Waals surface area contributed by atoms with Crippen molar-refractivity contribution in [2.45, 2.75) is 43.7 Å². The third kappa shape index (κ3) is 3.75. The van der Waals surface area contributed by atoms with Crippen LogP contribution in [0.4, 0.5) is 5.69 Å². The minimum Gasteiger partial charge on any atom is -0.274 e. The molecule has 0 spiro atoms. The highest BCUT2D eigenvalue weighted by atomic mass is 32.2. The minimum absolute atomic E-state index is 0.0968. The summed E-state index contributed by atoms with van der Waals surface area (Å²) in [5.74, 6) is -0.945. The number of nitrogens with zero attached hydrogens (tertiary/aromatic N) is 2. The van der Waals surface area contributed by atoms with Gasteiger partial charge in [-0.2, -0.15) is 4.31 Å². The van der Waals surface area contributed by atoms with E-state index in [4.69, 9.17) is 0 Å². The molecule has 3 aromatic carbocycles. The van der Waals surface area contributed by atoms with Crippen molar-refractivity contribution in [3.8, 4) is 0 Å². The molecule has 4 rings (SSSR count). The molecule has 1 unspecified atom stereocenters. The van der Waals surface area contributed by atoms with Crippen LogP contribution >= 0.6 is 0 Å². The lowest BCUT2D eigenvalue weighted by Crippen LogP contribution is -2.54. The van der Waals surface area contributed by atoms with Crippen LogP contribution in [0, 0.1) is 0 Å². The average Bonchev–Trinajstić information content (AvgIpc) is 3.00. The molecule has 7 heteroatoms. The number of rotatable bonds is 4. The van der Waals surface area contributed by atoms with E-state index in [0.29, 0.717) is 5.69 Å². The smallest absolute Gasteiger partial charge is 0.252 e. The number of fused-ring (bicyclic) bond motifs is 1. The number of sulfonamides is 1. The first kappa shape index (κ1) is 21.2. The largest absolute Gasteiger partial charge is 0.274 e. The molecule has 0 N–H and O–H groups in total. The zero-order valence-electron chi connectivity index (χ0n) is 17.6. The topological polar surface area (TPSA) is 74.8 Å². The van der Waals surface area contributed by atoms with E-state index in [2.05, 4.69) is 0 Å². The summed E-state index contributed by atoms with van der Waals surface area (Å²) in [6.07, 6.45) is -0.197. The van der Waals surface area contributed by atoms with E-state index in [1.54, 1.807) is 69.3 Å². The van der Waals surface area contributed by atoms with Crippen LogP contribution in [0.1, 0.15) is 27.2 Å². The molecule has 1 saturated heterocycles. The number of anilines is 1. The fraction of sp³-hybridized carbons (Fsp3) is 0.250. The summed E-state index contributed by atoms with van der Waals surface area (Å²) in [5.41, 5.74) is -0.477. The Bertz CT molecular complexity index is 1260. The fourth-order valence-corrected chi connectivity index (χ4v) is 6.05. The summed E-state index contributed by atoms with van der Waals surface area (Å²) in [6, 6.07) is 19.9. The van der Waals surface area contributed by atoms with Crippen LogP contribution in [0.5, 0.6) is 0 Å². The molecule has 0 aromatic heterocycles. The van der Waals surface area contributed by atoms with Crippen molar-refractivity contribution >= 4 is 38.3 Å². The lowest BCUT2D eigenvalue weighted by Gasteiger charge is -2.37. The lowest BCUT2D eigenvalue weighted by atomic mass is 10.1. The molecule has 0 bridgehead atoms. The fourth-order valence-electron chi connectivity index (χ4n) is 4.08. The van der Waals surface area contributed by atoms with Crippen LogP contribution in [-0.4, -0.2) is 36.1 Å². The number of imide groups is 1. The maximum Gasteiger partial charge on any atom is 0.252 e. The van der Waals surface area contributed by atoms with Gasteiger partial charge in [0, 0.05) is 5.54 Å². The summed E-state index contributed by atoms with van der Waals surface area (Å²) in [6.45, 7) is 5.19. The average molecular weight is 437 g/mol. The van der Waals surface area contributed by atoms with E-state index < -0.39 is 33.4 Å². The van der Waals surface area contributed by atoms with Crippen molar-refractivity contribution in [3.63, 3.8) is 0 Å². The highest BCUT2D eigenvalue weighted by Gasteiger charge is 2.50. The monoisotopic (exact) mass is 436 g/mol. The zero-order chi connectivity index (χ0) is 22.4. The van der Waals surface area contributed by atoms with Gasteiger partial charge in [-0.25, -0.2) is 13.3 Å². The Kier molecular flexibility index (Phi) is 5.19. The van der Waals surface area contributed by atoms with Gasteiger partial charge in [0.25, 0.3) is 5.91 Å². The molecule has 0 saturated carbocycles. The second-order valence-corrected chi connectivity index (χ2v) is 10.4. The first-order valence-corrected chi connectivity index (χ1v) is 11.5. The van der Waals surface area contributed by atoms with Crippen molar-refractivity contribution in [2.75, 3.05) is 4.90 Å². The number of hydrogen-bond acceptors (Lipinski definition) is 4. The van der Waals surface area contributed by atoms with Crippen LogP contribution in [0.3, 0.4) is 0 Å². The molecule has 1 atom stereocenters. The van der Waals surface area contributed by atoms with Gasteiger partial charge in [-0.05, 0) is 55.8 Å². The predicted octanol–water partition coefficient (Wildman–Crippen LogP) is 3.96. The number of carbonyl (C=O) groups excluding carboxylic acids is 2. The van der Waals surface area contributed by atoms with E-state index in [1.165, 1.54) is 4.31 Å². The standard InChI is InChI=1S/C24H24N2O4S/c1-24(2,3)26(21-16-22(27)25(23(21)28)19-11-5-4-6-12-19)31(29,30)20-14-13-17-9-7-8-10-18(17)15-20/h4-15,21H,16H2,1-3H3. The Morgan fingerprint density at radius 1 is 0.871 bits per heavy atom. The maximum absolute atomic E-state index is 13.7. The molecule has 2 amide bonds. The summed E-state index contributed by atoms with van der Waals surface area (Å²) in [7, 11) is -4.06. The van der Waals surface area contributed by atoms with Gasteiger partial charge in [0.2, 0.25) is 15.9 Å². The Balaban J connectivity index is 1.79. The lowest BCUT2D eigenvalue weighted by molar-refractivity contribution is -0.122. The van der Waals surface area contributed by atoms with Crippen LogP contribution < -0.4 is 4.90 Å². The van der Waals surface area contributed by atoms with E-state index in [9.17, 15) is 18.0 Å². The van der Waals surface area contributed by atoms with Crippen molar-refractivity contribution in [1.29, 1.82) is 0 Å². The molecule has 1 aliphatic heterocycles. The second kappa shape index (κ2) is 7.59. The van der Waals surface area contributed by atoms with Gasteiger partial charge >= 0.3 is 0 Å². The van der Waals surface area contributed by atoms with Gasteiger partial charge in [0.15, 0.2) is 0 Å². The molecule has 1 aliphatic rings. The molecule has 3 aromatic rings. The highest BCUT2D eigenvalue weighted by molar-refractivity contribution is 7.89. The van der Waals surface area contributed by atoms with Gasteiger partial charge in [-0.1, -0.05) is 48.5 Å². The number of benzene rings is 3. The molecular weight excluding hydrogens is 412 g/mol. The first-order chi connectivity index (χ1) is 14.6. The van der Waals surface area contributed by atoms with Crippen molar-refractivity contribution in [1.82, 2.24) is 4.31 Å². The van der Waals surface area contributed by atoms with Crippen LogP contribution in [-0.2, 0) is 19.6 Å². The second-order valence-electron chi connectivity index (χ2n) is 8.60. The van der Waals surface area contributed by atoms with Crippen molar-refractivity contribution in [3.05, 3.63) is 72.8 Å². The summed E-state index contributed by atoms with van der Waals surface area (Å²) >= 11 is 0. The predicted molar refractivity (Wildman–Crippen MR) is 120 cm³/mol. The van der Waals surface area contributed by atoms with Gasteiger partial charge in [-0.3, -0.25) is 9.59 Å². The van der Waals surface area contributed by atoms with E-state index in [-0.39, 0.29) is 11.3 Å². The van der Waals surface area contributed by atoms with E-state index >= 15 is 0 Å². The molecule has 6 nitrogen and oxygen atoms in total. The number of hydrogen-bond donors (Lipinski definition) is 0. The Hall–Kier alpha value is -3.03. The summed E-state index contributed by atoms with van der Waals surface area (Å²) in [5, 5.41) is 1.71. The van der Waals surface area contributed by atoms with Gasteiger partial charge in [0.1, 0.15) is 6.04 Å². The van der Waals surface area contributed by atoms with E-state index in [1.807, 2.05) is 24.3 Å². The third-order valence-corrected chi connectivity index (χ3v) is 7.53. The van der Waals surface area contributed by atoms with Crippen molar-refractivity contribution < 1.29 is 18.0 Å². The number of amides is 2. The Morgan fingerprint density at radius 2 is 1.48 bits per heavy atom. The van der Waals surface area contributed by atoms with Crippen LogP contribution in [0.15, 0.2) is 77.7 Å². The van der Waals surface area contributed by atoms with Crippen molar-refractivity contribution in [2.24, 2.45) is 0 Å². The molecule has 160 valence electrons. The zero-order valence-corrected chi connectivity index (χ0v) is 18.5. The van der Waals surface area contributed by atoms with Crippen LogP contribution in [0.2, 0.25) is 0 Å². The molecule has 0 aliphatic carbocycles. The van der Waals surface area contributed by atoms with Crippen LogP contribution in [0.25, 0.3) is 10.8 Å². The quantitative estimate of drug-likeness (QED) is 0.580. The normalized spacial score (nSPS) is 17.7. The Labute approximate surface area is 182 Å². The summed E-state index contributed by atoms with van der Waals surface area (Å²) in [4.78, 5) is 27.2. The third-order valence-electron chi connectivity index (χ3n) is 5.36. The van der Waals surface area contributed by atoms with Gasteiger partial charge < -0.3 is 0 Å². The van der Waals surface area contributed by atoms with Gasteiger partial charge in [0.05, 0.1) is 17.0 Å². The number of para-hydroxylation sites is 1. The summed E-state index contributed by atoms with van der Waals surface area (Å²) < 4.78 is 28.7. The maximum atomic E-state index is 13.7. The molecule has 1 fully saturated rings. The molecule has 1 heterocycles. The molecular formula is C24H24N2O4S. The molecule has 31 heavy (non-hydrogen) atoms. The van der Waals surface area contributed by atoms with E-state index in [0.717, 1.165) is 15.7 Å². The Morgan fingerprint density at radius 3 is 2.13 bits per heavy atom. The highest BCUT2D eigenvalue weighted by Crippen LogP contribution is 2.34. The van der Waals surface area contributed by atoms with Gasteiger partial charge in [-0.15, -0.1) is 0 Å². The number of carbonyl (C=O) groups is 2. The SMILES string of the molecule is CC(C)(C)N(C1CC(=O)N(c2ccccc2)C1=O)S(=O)(=O)c1ccc2ccccc2c1. The first-order valence-electron chi connectivity index (χ1n) is 10.1. The molecule has 0 radical (unpaired) electrons. The minimum atomic E-state index is -4.06.